The van der Waals surface area contributed by atoms with Crippen LogP contribution in [0.25, 0.3) is 0 Å². The van der Waals surface area contributed by atoms with Gasteiger partial charge in [-0.3, -0.25) is 4.79 Å². The Kier molecular flexibility index (Phi) is 16.1. The maximum absolute atomic E-state index is 11.5. The average Bonchev–Trinajstić information content (AvgIpc) is 2.65. The highest BCUT2D eigenvalue weighted by Gasteiger charge is 2.34. The van der Waals surface area contributed by atoms with Crippen molar-refractivity contribution in [3.05, 3.63) is 0 Å². The van der Waals surface area contributed by atoms with Crippen molar-refractivity contribution in [1.29, 1.82) is 0 Å². The highest BCUT2D eigenvalue weighted by atomic mass is 16.1. The van der Waals surface area contributed by atoms with Crippen LogP contribution in [0.1, 0.15) is 106 Å². The molecule has 0 aromatic heterocycles. The lowest BCUT2D eigenvalue weighted by Gasteiger charge is -2.40. The van der Waals surface area contributed by atoms with E-state index in [1.807, 2.05) is 6.92 Å². The average molecular weight is 440 g/mol. The Morgan fingerprint density at radius 2 is 1.69 bits per heavy atom. The van der Waals surface area contributed by atoms with Crippen molar-refractivity contribution in [2.75, 3.05) is 0 Å². The van der Waals surface area contributed by atoms with Crippen LogP contribution in [0.4, 0.5) is 4.79 Å². The van der Waals surface area contributed by atoms with E-state index in [0.717, 1.165) is 31.5 Å². The van der Waals surface area contributed by atoms with Crippen LogP contribution in [-0.2, 0) is 0 Å². The maximum Gasteiger partial charge on any atom is 0.234 e. The summed E-state index contributed by atoms with van der Waals surface area (Å²) in [5, 5.41) is 2.25. The summed E-state index contributed by atoms with van der Waals surface area (Å²) in [6, 6.07) is 0.333. The minimum atomic E-state index is -0.249. The van der Waals surface area contributed by atoms with Gasteiger partial charge in [-0.05, 0) is 37.5 Å². The third-order valence-corrected chi connectivity index (χ3v) is 6.57. The number of rotatable bonds is 19. The molecule has 0 fully saturated rings. The molecule has 0 heterocycles. The van der Waals surface area contributed by atoms with Crippen LogP contribution in [0, 0.1) is 11.3 Å². The molecule has 0 aliphatic heterocycles. The lowest BCUT2D eigenvalue weighted by molar-refractivity contribution is 0.225. The lowest BCUT2D eigenvalue weighted by atomic mass is 9.27. The number of nitrogens with two attached hydrogens (primary N) is 2. The highest BCUT2D eigenvalue weighted by molar-refractivity contribution is 7.02. The van der Waals surface area contributed by atoms with Gasteiger partial charge in [-0.25, -0.2) is 0 Å². The summed E-state index contributed by atoms with van der Waals surface area (Å²) in [6.45, 7) is 15.5. The SMILES string of the molecule is [B]NC(=O)[B]C(C)CC(N)C(C)(C)CC(C)(C)[B][B]CCCCCC(CCC)C[C@H](C)N. The molecule has 32 heavy (non-hydrogen) atoms. The molecule has 0 bridgehead atoms. The summed E-state index contributed by atoms with van der Waals surface area (Å²) >= 11 is 0. The largest absolute Gasteiger partial charge is 0.418 e. The van der Waals surface area contributed by atoms with Gasteiger partial charge in [0.15, 0.2) is 5.81 Å². The van der Waals surface area contributed by atoms with E-state index in [-0.39, 0.29) is 28.4 Å². The molecule has 0 aliphatic carbocycles. The molecule has 0 saturated carbocycles. The van der Waals surface area contributed by atoms with Gasteiger partial charge in [-0.1, -0.05) is 97.5 Å². The zero-order chi connectivity index (χ0) is 24.8. The minimum absolute atomic E-state index is 0.0132. The van der Waals surface area contributed by atoms with Gasteiger partial charge in [0.25, 0.3) is 0 Å². The van der Waals surface area contributed by atoms with Gasteiger partial charge in [0.1, 0.15) is 0 Å². The predicted molar refractivity (Wildman–Crippen MR) is 146 cm³/mol. The van der Waals surface area contributed by atoms with Crippen LogP contribution >= 0.6 is 0 Å². The normalized spacial score (nSPS) is 16.0. The van der Waals surface area contributed by atoms with Gasteiger partial charge in [0, 0.05) is 12.1 Å². The van der Waals surface area contributed by atoms with Gasteiger partial charge < -0.3 is 16.7 Å². The second kappa shape index (κ2) is 16.3. The Morgan fingerprint density at radius 3 is 2.25 bits per heavy atom. The third kappa shape index (κ3) is 15.5. The molecular weight excluding hydrogens is 390 g/mol. The summed E-state index contributed by atoms with van der Waals surface area (Å²) in [7, 11) is 11.5. The molecule has 1 amide bonds. The van der Waals surface area contributed by atoms with E-state index in [9.17, 15) is 4.79 Å². The first-order valence-corrected chi connectivity index (χ1v) is 12.9. The molecule has 0 rings (SSSR count). The third-order valence-electron chi connectivity index (χ3n) is 6.57. The molecular formula is C24H50B4N3O. The van der Waals surface area contributed by atoms with E-state index in [0.29, 0.717) is 6.04 Å². The van der Waals surface area contributed by atoms with E-state index in [1.165, 1.54) is 38.5 Å². The van der Waals surface area contributed by atoms with Crippen molar-refractivity contribution < 1.29 is 4.79 Å². The number of carbonyl (C=O) groups excluding carboxylic acids is 1. The number of amides is 1. The van der Waals surface area contributed by atoms with E-state index >= 15 is 0 Å². The predicted octanol–water partition coefficient (Wildman–Crippen LogP) is 5.08. The van der Waals surface area contributed by atoms with E-state index < -0.39 is 0 Å². The first-order valence-electron chi connectivity index (χ1n) is 12.9. The first-order chi connectivity index (χ1) is 14.8. The van der Waals surface area contributed by atoms with Crippen LogP contribution < -0.4 is 16.7 Å². The number of hydrogen-bond donors (Lipinski definition) is 3. The summed E-state index contributed by atoms with van der Waals surface area (Å²) in [5.41, 5.74) is 12.5. The summed E-state index contributed by atoms with van der Waals surface area (Å²) in [4.78, 5) is 11.5. The monoisotopic (exact) mass is 440 g/mol. The molecule has 179 valence electrons. The van der Waals surface area contributed by atoms with Crippen molar-refractivity contribution in [1.82, 2.24) is 5.23 Å². The minimum Gasteiger partial charge on any atom is -0.418 e. The molecule has 4 nitrogen and oxygen atoms in total. The second-order valence-corrected chi connectivity index (χ2v) is 11.6. The molecule has 5 radical (unpaired) electrons. The number of carbonyl (C=O) groups is 1. The molecule has 0 aliphatic rings. The number of hydrogen-bond acceptors (Lipinski definition) is 3. The van der Waals surface area contributed by atoms with Crippen molar-refractivity contribution in [3.8, 4) is 0 Å². The van der Waals surface area contributed by atoms with Crippen molar-refractivity contribution in [3.63, 3.8) is 0 Å². The molecule has 0 spiro atoms. The summed E-state index contributed by atoms with van der Waals surface area (Å²) in [6.07, 6.45) is 11.8. The maximum atomic E-state index is 11.5. The molecule has 4 atom stereocenters. The van der Waals surface area contributed by atoms with E-state index in [4.69, 9.17) is 19.4 Å². The first kappa shape index (κ1) is 31.6. The fraction of sp³-hybridized carbons (Fsp3) is 0.958. The molecule has 0 aromatic carbocycles. The van der Waals surface area contributed by atoms with E-state index in [2.05, 4.69) is 61.1 Å². The standard InChI is InChI=1S/C24H50B4N3O/c1-8-12-20(16-19(3)29)13-10-9-11-14-26-28-24(6,7)17-23(4,5)21(30)15-18(2)27-22(32)31-25/h18-21H,8-17,29-30H2,1-7H3,(H,31,32)/t18?,19-,20?,21?/m0/s1. The van der Waals surface area contributed by atoms with Gasteiger partial charge in [0.2, 0.25) is 15.3 Å². The Hall–Kier alpha value is -0.350. The Balaban J connectivity index is 4.22. The second-order valence-electron chi connectivity index (χ2n) is 11.6. The quantitative estimate of drug-likeness (QED) is 0.194. The van der Waals surface area contributed by atoms with Crippen molar-refractivity contribution in [2.24, 2.45) is 22.8 Å². The molecule has 0 saturated heterocycles. The van der Waals surface area contributed by atoms with Crippen LogP contribution in [0.15, 0.2) is 0 Å². The fourth-order valence-electron chi connectivity index (χ4n) is 5.05. The molecule has 8 heteroatoms. The lowest BCUT2D eigenvalue weighted by Crippen LogP contribution is -2.42. The Morgan fingerprint density at radius 1 is 1.03 bits per heavy atom. The van der Waals surface area contributed by atoms with Crippen LogP contribution in [0.5, 0.6) is 0 Å². The Labute approximate surface area is 204 Å². The van der Waals surface area contributed by atoms with Gasteiger partial charge >= 0.3 is 0 Å². The summed E-state index contributed by atoms with van der Waals surface area (Å²) in [5.74, 6) is 0.642. The van der Waals surface area contributed by atoms with Crippen molar-refractivity contribution in [2.45, 2.75) is 136 Å². The highest BCUT2D eigenvalue weighted by Crippen LogP contribution is 2.41. The van der Waals surface area contributed by atoms with Gasteiger partial charge in [-0.2, -0.15) is 0 Å². The van der Waals surface area contributed by atoms with E-state index in [1.54, 1.807) is 7.28 Å². The fourth-order valence-corrected chi connectivity index (χ4v) is 5.05. The number of unbranched alkanes of at least 4 members (excludes halogenated alkanes) is 2. The molecule has 5 N–H and O–H groups in total. The zero-order valence-electron chi connectivity index (χ0n) is 22.3. The number of nitrogens with one attached hydrogen (secondary N) is 1. The van der Waals surface area contributed by atoms with Crippen LogP contribution in [0.2, 0.25) is 17.5 Å². The van der Waals surface area contributed by atoms with Gasteiger partial charge in [-0.15, -0.1) is 0 Å². The van der Waals surface area contributed by atoms with Gasteiger partial charge in [0.05, 0.1) is 14.3 Å². The van der Waals surface area contributed by atoms with Crippen LogP contribution in [0.3, 0.4) is 0 Å². The Bertz CT molecular complexity index is 504. The zero-order valence-corrected chi connectivity index (χ0v) is 22.3. The smallest absolute Gasteiger partial charge is 0.234 e. The molecule has 3 unspecified atom stereocenters. The topological polar surface area (TPSA) is 81.1 Å². The molecule has 0 aromatic rings. The van der Waals surface area contributed by atoms with Crippen molar-refractivity contribution >= 4 is 35.4 Å². The van der Waals surface area contributed by atoms with Crippen LogP contribution in [-0.4, -0.2) is 47.5 Å². The summed E-state index contributed by atoms with van der Waals surface area (Å²) < 4.78 is 0.